The molecule has 0 fully saturated rings. The molecule has 6 nitrogen and oxygen atoms in total. The average Bonchev–Trinajstić information content (AvgIpc) is 2.64. The molecular formula is C21H24NO5-. The summed E-state index contributed by atoms with van der Waals surface area (Å²) in [6, 6.07) is 13.4. The van der Waals surface area contributed by atoms with Crippen LogP contribution in [-0.2, 0) is 5.41 Å². The number of ether oxygens (including phenoxy) is 1. The topological polar surface area (TPSA) is 98.7 Å². The van der Waals surface area contributed by atoms with E-state index in [1.807, 2.05) is 24.3 Å². The number of carboxylic acid groups (broad SMARTS) is 1. The molecule has 144 valence electrons. The van der Waals surface area contributed by atoms with Crippen molar-refractivity contribution in [1.29, 1.82) is 0 Å². The highest BCUT2D eigenvalue weighted by molar-refractivity contribution is 6.04. The molecule has 1 amide bonds. The lowest BCUT2D eigenvalue weighted by Crippen LogP contribution is -2.36. The van der Waals surface area contributed by atoms with E-state index in [1.165, 1.54) is 23.8 Å². The van der Waals surface area contributed by atoms with Crippen molar-refractivity contribution < 1.29 is 24.5 Å². The molecule has 2 aromatic carbocycles. The van der Waals surface area contributed by atoms with Crippen LogP contribution in [0, 0.1) is 0 Å². The Kier molecular flexibility index (Phi) is 6.58. The number of aromatic carboxylic acids is 1. The van der Waals surface area contributed by atoms with Crippen LogP contribution in [0.5, 0.6) is 5.75 Å². The number of rotatable bonds is 7. The maximum Gasteiger partial charge on any atom is 0.252 e. The van der Waals surface area contributed by atoms with Gasteiger partial charge < -0.3 is 25.1 Å². The number of hydrogen-bond donors (Lipinski definition) is 2. The van der Waals surface area contributed by atoms with Gasteiger partial charge in [0.15, 0.2) is 0 Å². The van der Waals surface area contributed by atoms with Gasteiger partial charge in [-0.2, -0.15) is 0 Å². The second-order valence-corrected chi connectivity index (χ2v) is 7.28. The normalized spacial score (nSPS) is 12.3. The number of carbonyl (C=O) groups excluding carboxylic acids is 2. The molecule has 0 bridgehead atoms. The largest absolute Gasteiger partial charge is 0.545 e. The van der Waals surface area contributed by atoms with Crippen LogP contribution in [0.15, 0.2) is 48.5 Å². The van der Waals surface area contributed by atoms with Gasteiger partial charge in [-0.05, 0) is 29.2 Å². The number of carbonyl (C=O) groups is 2. The predicted molar refractivity (Wildman–Crippen MR) is 99.7 cm³/mol. The van der Waals surface area contributed by atoms with Gasteiger partial charge in [-0.3, -0.25) is 4.79 Å². The van der Waals surface area contributed by atoms with Gasteiger partial charge >= 0.3 is 0 Å². The molecule has 0 aromatic heterocycles. The molecular weight excluding hydrogens is 346 g/mol. The third kappa shape index (κ3) is 5.82. The van der Waals surface area contributed by atoms with Gasteiger partial charge in [-0.15, -0.1) is 0 Å². The molecule has 0 aliphatic carbocycles. The lowest BCUT2D eigenvalue weighted by atomic mass is 9.87. The van der Waals surface area contributed by atoms with E-state index < -0.39 is 18.0 Å². The highest BCUT2D eigenvalue weighted by atomic mass is 16.5. The quantitative estimate of drug-likeness (QED) is 0.770. The van der Waals surface area contributed by atoms with Gasteiger partial charge in [0.25, 0.3) is 5.91 Å². The van der Waals surface area contributed by atoms with Crippen LogP contribution in [0.2, 0.25) is 0 Å². The molecule has 1 atom stereocenters. The fraction of sp³-hybridized carbons (Fsp3) is 0.333. The summed E-state index contributed by atoms with van der Waals surface area (Å²) >= 11 is 0. The smallest absolute Gasteiger partial charge is 0.252 e. The van der Waals surface area contributed by atoms with Crippen molar-refractivity contribution in [2.24, 2.45) is 0 Å². The molecule has 2 aromatic rings. The number of nitrogens with one attached hydrogen (secondary N) is 1. The van der Waals surface area contributed by atoms with Crippen LogP contribution >= 0.6 is 0 Å². The van der Waals surface area contributed by atoms with E-state index in [0.717, 1.165) is 0 Å². The number of amides is 1. The van der Waals surface area contributed by atoms with Crippen LogP contribution in [0.3, 0.4) is 0 Å². The van der Waals surface area contributed by atoms with E-state index in [2.05, 4.69) is 26.1 Å². The van der Waals surface area contributed by atoms with Gasteiger partial charge in [0.2, 0.25) is 0 Å². The van der Waals surface area contributed by atoms with Gasteiger partial charge in [0, 0.05) is 17.7 Å². The summed E-state index contributed by atoms with van der Waals surface area (Å²) in [4.78, 5) is 23.2. The summed E-state index contributed by atoms with van der Waals surface area (Å²) in [5.41, 5.74) is 1.02. The van der Waals surface area contributed by atoms with Crippen molar-refractivity contribution >= 4 is 11.9 Å². The molecule has 27 heavy (non-hydrogen) atoms. The number of carboxylic acids is 1. The molecule has 2 rings (SSSR count). The van der Waals surface area contributed by atoms with Crippen LogP contribution < -0.4 is 15.2 Å². The maximum atomic E-state index is 12.1. The first-order valence-corrected chi connectivity index (χ1v) is 8.68. The Morgan fingerprint density at radius 3 is 2.22 bits per heavy atom. The Balaban J connectivity index is 1.85. The van der Waals surface area contributed by atoms with E-state index in [9.17, 15) is 19.8 Å². The number of hydrogen-bond acceptors (Lipinski definition) is 5. The predicted octanol–water partition coefficient (Wildman–Crippen LogP) is 1.52. The van der Waals surface area contributed by atoms with E-state index in [4.69, 9.17) is 4.74 Å². The van der Waals surface area contributed by atoms with Crippen molar-refractivity contribution in [2.45, 2.75) is 32.3 Å². The van der Waals surface area contributed by atoms with Gasteiger partial charge in [0.05, 0.1) is 5.97 Å². The molecule has 0 radical (unpaired) electrons. The maximum absolute atomic E-state index is 12.1. The summed E-state index contributed by atoms with van der Waals surface area (Å²) in [6.45, 7) is 6.28. The molecule has 0 saturated carbocycles. The van der Waals surface area contributed by atoms with Crippen LogP contribution in [0.1, 0.15) is 47.1 Å². The molecule has 0 unspecified atom stereocenters. The number of benzene rings is 2. The molecule has 0 saturated heterocycles. The monoisotopic (exact) mass is 370 g/mol. The molecule has 0 aliphatic rings. The minimum Gasteiger partial charge on any atom is -0.545 e. The lowest BCUT2D eigenvalue weighted by molar-refractivity contribution is -0.255. The highest BCUT2D eigenvalue weighted by Crippen LogP contribution is 2.24. The first-order valence-electron chi connectivity index (χ1n) is 8.68. The first kappa shape index (κ1) is 20.5. The number of aliphatic hydroxyl groups excluding tert-OH is 1. The summed E-state index contributed by atoms with van der Waals surface area (Å²) in [5.74, 6) is -1.40. The fourth-order valence-corrected chi connectivity index (χ4v) is 2.47. The fourth-order valence-electron chi connectivity index (χ4n) is 2.47. The molecule has 2 N–H and O–H groups in total. The van der Waals surface area contributed by atoms with Crippen LogP contribution in [0.4, 0.5) is 0 Å². The SMILES string of the molecule is CC(C)(C)c1ccc(OC[C@@H](O)CNC(=O)c2ccccc2C(=O)[O-])cc1. The standard InChI is InChI=1S/C21H25NO5/c1-21(2,3)14-8-10-16(11-9-14)27-13-15(23)12-22-19(24)17-6-4-5-7-18(17)20(25)26/h4-11,15,23H,12-13H2,1-3H3,(H,22,24)(H,25,26)/p-1/t15-/m0/s1. The Bertz CT molecular complexity index is 793. The first-order chi connectivity index (χ1) is 12.7. The van der Waals surface area contributed by atoms with Crippen LogP contribution in [-0.4, -0.2) is 36.2 Å². The Morgan fingerprint density at radius 2 is 1.67 bits per heavy atom. The third-order valence-electron chi connectivity index (χ3n) is 4.05. The van der Waals surface area contributed by atoms with Crippen molar-refractivity contribution in [3.05, 3.63) is 65.2 Å². The zero-order valence-corrected chi connectivity index (χ0v) is 15.7. The summed E-state index contributed by atoms with van der Waals surface area (Å²) in [5, 5.41) is 23.5. The summed E-state index contributed by atoms with van der Waals surface area (Å²) < 4.78 is 5.53. The molecule has 0 spiro atoms. The zero-order chi connectivity index (χ0) is 20.0. The van der Waals surface area contributed by atoms with Crippen molar-refractivity contribution in [3.8, 4) is 5.75 Å². The Hall–Kier alpha value is -2.86. The van der Waals surface area contributed by atoms with E-state index in [0.29, 0.717) is 5.75 Å². The Morgan fingerprint density at radius 1 is 1.07 bits per heavy atom. The van der Waals surface area contributed by atoms with Crippen LogP contribution in [0.25, 0.3) is 0 Å². The molecule has 0 aliphatic heterocycles. The van der Waals surface area contributed by atoms with Crippen molar-refractivity contribution in [3.63, 3.8) is 0 Å². The van der Waals surface area contributed by atoms with Gasteiger partial charge in [-0.25, -0.2) is 0 Å². The van der Waals surface area contributed by atoms with E-state index >= 15 is 0 Å². The minimum atomic E-state index is -1.43. The highest BCUT2D eigenvalue weighted by Gasteiger charge is 2.15. The van der Waals surface area contributed by atoms with Crippen molar-refractivity contribution in [1.82, 2.24) is 5.32 Å². The Labute approximate surface area is 158 Å². The van der Waals surface area contributed by atoms with E-state index in [-0.39, 0.29) is 29.7 Å². The second kappa shape index (κ2) is 8.68. The van der Waals surface area contributed by atoms with Gasteiger partial charge in [0.1, 0.15) is 18.5 Å². The average molecular weight is 370 g/mol. The summed E-state index contributed by atoms with van der Waals surface area (Å²) in [6.07, 6.45) is -0.939. The van der Waals surface area contributed by atoms with Gasteiger partial charge in [-0.1, -0.05) is 51.1 Å². The number of aliphatic hydroxyl groups is 1. The lowest BCUT2D eigenvalue weighted by Gasteiger charge is -2.19. The third-order valence-corrected chi connectivity index (χ3v) is 4.05. The second-order valence-electron chi connectivity index (χ2n) is 7.28. The molecule has 0 heterocycles. The summed E-state index contributed by atoms with van der Waals surface area (Å²) in [7, 11) is 0. The van der Waals surface area contributed by atoms with E-state index in [1.54, 1.807) is 6.07 Å². The van der Waals surface area contributed by atoms with Crippen molar-refractivity contribution in [2.75, 3.05) is 13.2 Å². The zero-order valence-electron chi connectivity index (χ0n) is 15.7. The molecule has 6 heteroatoms. The minimum absolute atomic E-state index is 0.00270.